The maximum Gasteiger partial charge on any atom is 0.0240 e. The van der Waals surface area contributed by atoms with Gasteiger partial charge in [0.1, 0.15) is 0 Å². The smallest absolute Gasteiger partial charge is 0.0240 e. The molecule has 0 atom stereocenters. The van der Waals surface area contributed by atoms with Crippen molar-refractivity contribution >= 4 is 12.6 Å². The number of hydrogen-bond donors (Lipinski definition) is 1. The van der Waals surface area contributed by atoms with Crippen LogP contribution < -0.4 is 0 Å². The average Bonchev–Trinajstić information content (AvgIpc) is 2.91. The molecule has 1 saturated carbocycles. The number of benzene rings is 1. The predicted molar refractivity (Wildman–Crippen MR) is 66.1 cm³/mol. The first-order valence-electron chi connectivity index (χ1n) is 5.71. The Hall–Kier alpha value is -0.470. The molecule has 0 unspecified atom stereocenters. The molecule has 0 bridgehead atoms. The molecular weight excluding hydrogens is 202 g/mol. The van der Waals surface area contributed by atoms with Crippen LogP contribution in [-0.4, -0.2) is 17.2 Å². The fourth-order valence-corrected chi connectivity index (χ4v) is 2.95. The van der Waals surface area contributed by atoms with Crippen LogP contribution in [0.3, 0.4) is 0 Å². The molecular formula is C13H17NS. The van der Waals surface area contributed by atoms with E-state index < -0.39 is 0 Å². The second-order valence-corrected chi connectivity index (χ2v) is 5.39. The normalized spacial score (nSPS) is 22.7. The summed E-state index contributed by atoms with van der Waals surface area (Å²) in [5, 5.41) is 0. The number of rotatable bonds is 3. The van der Waals surface area contributed by atoms with Crippen molar-refractivity contribution in [2.75, 3.05) is 12.3 Å². The minimum atomic E-state index is 0.561. The second-order valence-electron chi connectivity index (χ2n) is 5.07. The number of nitrogens with zero attached hydrogens (tertiary/aromatic N) is 1. The van der Waals surface area contributed by atoms with Crippen LogP contribution in [0.25, 0.3) is 0 Å². The Labute approximate surface area is 96.9 Å². The maximum atomic E-state index is 4.47. The van der Waals surface area contributed by atoms with Crippen LogP contribution in [0.15, 0.2) is 24.3 Å². The Morgan fingerprint density at radius 1 is 1.13 bits per heavy atom. The molecule has 15 heavy (non-hydrogen) atoms. The summed E-state index contributed by atoms with van der Waals surface area (Å²) < 4.78 is 0. The number of thiol groups is 1. The van der Waals surface area contributed by atoms with Gasteiger partial charge >= 0.3 is 0 Å². The topological polar surface area (TPSA) is 3.24 Å². The Balaban J connectivity index is 1.69. The maximum absolute atomic E-state index is 4.47. The summed E-state index contributed by atoms with van der Waals surface area (Å²) in [7, 11) is 0. The van der Waals surface area contributed by atoms with Crippen molar-refractivity contribution in [1.29, 1.82) is 0 Å². The summed E-state index contributed by atoms with van der Waals surface area (Å²) >= 11 is 4.47. The Bertz CT molecular complexity index is 346. The fourth-order valence-electron chi connectivity index (χ4n) is 2.53. The van der Waals surface area contributed by atoms with Crippen molar-refractivity contribution < 1.29 is 0 Å². The lowest BCUT2D eigenvalue weighted by Crippen LogP contribution is -2.26. The van der Waals surface area contributed by atoms with Gasteiger partial charge in [0.2, 0.25) is 0 Å². The predicted octanol–water partition coefficient (Wildman–Crippen LogP) is 2.71. The molecule has 1 aliphatic carbocycles. The molecule has 0 aromatic heterocycles. The van der Waals surface area contributed by atoms with E-state index in [9.17, 15) is 0 Å². The standard InChI is InChI=1S/C13H17NS/c15-10-13(5-6-13)9-14-7-11-3-1-2-4-12(11)8-14/h1-4,15H,5-10H2. The molecule has 0 spiro atoms. The minimum absolute atomic E-state index is 0.561. The van der Waals surface area contributed by atoms with Gasteiger partial charge < -0.3 is 0 Å². The van der Waals surface area contributed by atoms with E-state index >= 15 is 0 Å². The third-order valence-corrected chi connectivity index (χ3v) is 4.43. The lowest BCUT2D eigenvalue weighted by molar-refractivity contribution is 0.236. The van der Waals surface area contributed by atoms with Gasteiger partial charge in [-0.1, -0.05) is 24.3 Å². The monoisotopic (exact) mass is 219 g/mol. The lowest BCUT2D eigenvalue weighted by Gasteiger charge is -2.21. The van der Waals surface area contributed by atoms with Gasteiger partial charge in [-0.3, -0.25) is 4.90 Å². The van der Waals surface area contributed by atoms with Crippen LogP contribution >= 0.6 is 12.6 Å². The van der Waals surface area contributed by atoms with Crippen LogP contribution in [0.4, 0.5) is 0 Å². The quantitative estimate of drug-likeness (QED) is 0.765. The zero-order chi connectivity index (χ0) is 10.3. The molecule has 0 N–H and O–H groups in total. The van der Waals surface area contributed by atoms with Crippen molar-refractivity contribution in [3.8, 4) is 0 Å². The average molecular weight is 219 g/mol. The van der Waals surface area contributed by atoms with E-state index in [-0.39, 0.29) is 0 Å². The van der Waals surface area contributed by atoms with Gasteiger partial charge in [0.25, 0.3) is 0 Å². The largest absolute Gasteiger partial charge is 0.294 e. The third-order valence-electron chi connectivity index (χ3n) is 3.76. The third kappa shape index (κ3) is 1.81. The fraction of sp³-hybridized carbons (Fsp3) is 0.538. The molecule has 0 radical (unpaired) electrons. The zero-order valence-electron chi connectivity index (χ0n) is 8.95. The van der Waals surface area contributed by atoms with E-state index in [2.05, 4.69) is 41.8 Å². The van der Waals surface area contributed by atoms with Crippen LogP contribution in [0.5, 0.6) is 0 Å². The van der Waals surface area contributed by atoms with Crippen LogP contribution in [0.2, 0.25) is 0 Å². The van der Waals surface area contributed by atoms with E-state index in [1.165, 1.54) is 30.5 Å². The van der Waals surface area contributed by atoms with Crippen molar-refractivity contribution in [3.63, 3.8) is 0 Å². The van der Waals surface area contributed by atoms with E-state index in [4.69, 9.17) is 0 Å². The number of fused-ring (bicyclic) bond motifs is 1. The summed E-state index contributed by atoms with van der Waals surface area (Å²) in [5.74, 6) is 1.06. The van der Waals surface area contributed by atoms with Crippen LogP contribution in [0.1, 0.15) is 24.0 Å². The van der Waals surface area contributed by atoms with Crippen LogP contribution in [-0.2, 0) is 13.1 Å². The van der Waals surface area contributed by atoms with E-state index in [1.807, 2.05) is 0 Å². The molecule has 1 fully saturated rings. The van der Waals surface area contributed by atoms with E-state index in [0.29, 0.717) is 5.41 Å². The summed E-state index contributed by atoms with van der Waals surface area (Å²) in [5.41, 5.74) is 3.60. The minimum Gasteiger partial charge on any atom is -0.294 e. The molecule has 0 saturated heterocycles. The Morgan fingerprint density at radius 2 is 1.73 bits per heavy atom. The molecule has 2 aliphatic rings. The lowest BCUT2D eigenvalue weighted by atomic mass is 10.1. The van der Waals surface area contributed by atoms with Crippen LogP contribution in [0, 0.1) is 5.41 Å². The van der Waals surface area contributed by atoms with Gasteiger partial charge in [-0.05, 0) is 35.1 Å². The highest BCUT2D eigenvalue weighted by atomic mass is 32.1. The molecule has 2 heteroatoms. The molecule has 80 valence electrons. The Kier molecular flexibility index (Phi) is 2.29. The summed E-state index contributed by atoms with van der Waals surface area (Å²) in [4.78, 5) is 2.58. The van der Waals surface area contributed by atoms with Crippen molar-refractivity contribution in [2.45, 2.75) is 25.9 Å². The summed E-state index contributed by atoms with van der Waals surface area (Å²) in [6.45, 7) is 3.53. The van der Waals surface area contributed by atoms with Gasteiger partial charge in [-0.25, -0.2) is 0 Å². The highest BCUT2D eigenvalue weighted by Crippen LogP contribution is 2.47. The molecule has 3 rings (SSSR count). The van der Waals surface area contributed by atoms with Gasteiger partial charge in [-0.2, -0.15) is 12.6 Å². The van der Waals surface area contributed by atoms with Gasteiger partial charge in [0.15, 0.2) is 0 Å². The molecule has 1 aromatic carbocycles. The zero-order valence-corrected chi connectivity index (χ0v) is 9.84. The molecule has 1 aromatic rings. The molecule has 0 amide bonds. The number of hydrogen-bond acceptors (Lipinski definition) is 2. The van der Waals surface area contributed by atoms with Crippen molar-refractivity contribution in [2.24, 2.45) is 5.41 Å². The van der Waals surface area contributed by atoms with E-state index in [0.717, 1.165) is 18.8 Å². The first-order valence-corrected chi connectivity index (χ1v) is 6.35. The second kappa shape index (κ2) is 3.53. The molecule has 1 heterocycles. The highest BCUT2D eigenvalue weighted by Gasteiger charge is 2.43. The van der Waals surface area contributed by atoms with Gasteiger partial charge in [0, 0.05) is 19.6 Å². The summed E-state index contributed by atoms with van der Waals surface area (Å²) in [6, 6.07) is 8.81. The molecule has 1 aliphatic heterocycles. The first-order chi connectivity index (χ1) is 7.31. The van der Waals surface area contributed by atoms with Crippen molar-refractivity contribution in [1.82, 2.24) is 4.90 Å². The van der Waals surface area contributed by atoms with Gasteiger partial charge in [-0.15, -0.1) is 0 Å². The Morgan fingerprint density at radius 3 is 2.20 bits per heavy atom. The highest BCUT2D eigenvalue weighted by molar-refractivity contribution is 7.80. The molecule has 1 nitrogen and oxygen atoms in total. The van der Waals surface area contributed by atoms with E-state index in [1.54, 1.807) is 0 Å². The van der Waals surface area contributed by atoms with Crippen molar-refractivity contribution in [3.05, 3.63) is 35.4 Å². The summed E-state index contributed by atoms with van der Waals surface area (Å²) in [6.07, 6.45) is 2.76. The first kappa shape index (κ1) is 9.73. The van der Waals surface area contributed by atoms with Gasteiger partial charge in [0.05, 0.1) is 0 Å². The SMILES string of the molecule is SCC1(CN2Cc3ccccc3C2)CC1.